The molecule has 0 unspecified atom stereocenters. The van der Waals surface area contributed by atoms with Gasteiger partial charge in [-0.15, -0.1) is 0 Å². The Bertz CT molecular complexity index is 779. The summed E-state index contributed by atoms with van der Waals surface area (Å²) in [5.41, 5.74) is 0.496. The number of hydrogen-bond donors (Lipinski definition) is 2. The van der Waals surface area contributed by atoms with Gasteiger partial charge in [0.1, 0.15) is 0 Å². The van der Waals surface area contributed by atoms with Gasteiger partial charge < -0.3 is 19.5 Å². The molecule has 0 saturated heterocycles. The van der Waals surface area contributed by atoms with E-state index in [1.165, 1.54) is 38.5 Å². The summed E-state index contributed by atoms with van der Waals surface area (Å²) in [4.78, 5) is 13.0. The highest BCUT2D eigenvalue weighted by atomic mass is 32.1. The fourth-order valence-electron chi connectivity index (χ4n) is 6.23. The number of carbonyl (C=O) groups is 1. The van der Waals surface area contributed by atoms with E-state index in [4.69, 9.17) is 26.4 Å². The van der Waals surface area contributed by atoms with Crippen molar-refractivity contribution in [1.29, 1.82) is 0 Å². The summed E-state index contributed by atoms with van der Waals surface area (Å²) < 4.78 is 17.2. The molecule has 1 amide bonds. The second kappa shape index (κ2) is 9.23. The zero-order chi connectivity index (χ0) is 22.0. The summed E-state index contributed by atoms with van der Waals surface area (Å²) >= 11 is 5.57. The minimum Gasteiger partial charge on any atom is -0.490 e. The molecule has 0 aliphatic heterocycles. The number of hydrogen-bond acceptors (Lipinski definition) is 5. The number of thiocarbonyl (C=S) groups is 1. The van der Waals surface area contributed by atoms with Crippen molar-refractivity contribution in [3.63, 3.8) is 0 Å². The van der Waals surface area contributed by atoms with E-state index in [-0.39, 0.29) is 11.4 Å². The van der Waals surface area contributed by atoms with Crippen molar-refractivity contribution in [1.82, 2.24) is 10.6 Å². The molecule has 4 aliphatic rings. The third-order valence-electron chi connectivity index (χ3n) is 6.82. The van der Waals surface area contributed by atoms with Crippen molar-refractivity contribution in [3.05, 3.63) is 17.7 Å². The molecule has 170 valence electrons. The van der Waals surface area contributed by atoms with E-state index < -0.39 is 0 Å². The highest BCUT2D eigenvalue weighted by Crippen LogP contribution is 2.55. The molecule has 31 heavy (non-hydrogen) atoms. The second-order valence-electron chi connectivity index (χ2n) is 9.21. The molecular formula is C24H34N2O4S. The van der Waals surface area contributed by atoms with Crippen molar-refractivity contribution >= 4 is 23.2 Å². The zero-order valence-electron chi connectivity index (χ0n) is 18.8. The van der Waals surface area contributed by atoms with Crippen LogP contribution in [0, 0.1) is 17.8 Å². The molecule has 0 heterocycles. The largest absolute Gasteiger partial charge is 0.490 e. The van der Waals surface area contributed by atoms with E-state index in [0.717, 1.165) is 17.8 Å². The lowest BCUT2D eigenvalue weighted by molar-refractivity contribution is -0.0101. The quantitative estimate of drug-likeness (QED) is 0.575. The molecule has 5 rings (SSSR count). The summed E-state index contributed by atoms with van der Waals surface area (Å²) in [6, 6.07) is 3.39. The van der Waals surface area contributed by atoms with Gasteiger partial charge in [0.25, 0.3) is 5.91 Å². The molecule has 0 spiro atoms. The topological polar surface area (TPSA) is 68.8 Å². The van der Waals surface area contributed by atoms with Crippen molar-refractivity contribution in [2.45, 2.75) is 64.8 Å². The second-order valence-corrected chi connectivity index (χ2v) is 9.62. The SMILES string of the molecule is CCOc1cc(C(=O)NC(=S)NC23CC4CC(CC(C4)C2)C3)cc(OCC)c1OCC. The number of ether oxygens (including phenoxy) is 3. The smallest absolute Gasteiger partial charge is 0.257 e. The molecule has 1 aromatic carbocycles. The Balaban J connectivity index is 1.48. The Morgan fingerprint density at radius 1 is 0.935 bits per heavy atom. The molecule has 4 saturated carbocycles. The van der Waals surface area contributed by atoms with Gasteiger partial charge in [-0.2, -0.15) is 0 Å². The molecule has 4 fully saturated rings. The minimum atomic E-state index is -0.271. The molecule has 1 aromatic rings. The summed E-state index contributed by atoms with van der Waals surface area (Å²) in [6.07, 6.45) is 7.61. The Kier molecular flexibility index (Phi) is 6.60. The fraction of sp³-hybridized carbons (Fsp3) is 0.667. The van der Waals surface area contributed by atoms with Crippen LogP contribution in [0.15, 0.2) is 12.1 Å². The Morgan fingerprint density at radius 2 is 1.42 bits per heavy atom. The van der Waals surface area contributed by atoms with Crippen LogP contribution in [0.2, 0.25) is 0 Å². The van der Waals surface area contributed by atoms with Crippen LogP contribution in [-0.2, 0) is 0 Å². The van der Waals surface area contributed by atoms with Crippen molar-refractivity contribution < 1.29 is 19.0 Å². The first-order valence-electron chi connectivity index (χ1n) is 11.6. The van der Waals surface area contributed by atoms with Crippen LogP contribution in [-0.4, -0.2) is 36.4 Å². The average Bonchev–Trinajstić information content (AvgIpc) is 2.69. The number of amides is 1. The Labute approximate surface area is 190 Å². The van der Waals surface area contributed by atoms with Gasteiger partial charge >= 0.3 is 0 Å². The molecule has 2 N–H and O–H groups in total. The minimum absolute atomic E-state index is 0.0604. The van der Waals surface area contributed by atoms with Crippen LogP contribution in [0.4, 0.5) is 0 Å². The monoisotopic (exact) mass is 446 g/mol. The van der Waals surface area contributed by atoms with E-state index in [1.807, 2.05) is 20.8 Å². The van der Waals surface area contributed by atoms with Gasteiger partial charge in [-0.05, 0) is 101 Å². The number of nitrogens with one attached hydrogen (secondary N) is 2. The van der Waals surface area contributed by atoms with Crippen LogP contribution in [0.25, 0.3) is 0 Å². The van der Waals surface area contributed by atoms with E-state index in [0.29, 0.717) is 47.7 Å². The molecule has 7 heteroatoms. The molecular weight excluding hydrogens is 412 g/mol. The third kappa shape index (κ3) is 4.76. The van der Waals surface area contributed by atoms with E-state index in [2.05, 4.69) is 10.6 Å². The number of rotatable bonds is 8. The molecule has 0 aromatic heterocycles. The maximum atomic E-state index is 13.0. The van der Waals surface area contributed by atoms with E-state index in [9.17, 15) is 4.79 Å². The van der Waals surface area contributed by atoms with Gasteiger partial charge in [-0.3, -0.25) is 10.1 Å². The summed E-state index contributed by atoms with van der Waals surface area (Å²) in [6.45, 7) is 7.09. The Morgan fingerprint density at radius 3 is 1.87 bits per heavy atom. The van der Waals surface area contributed by atoms with E-state index >= 15 is 0 Å². The average molecular weight is 447 g/mol. The van der Waals surface area contributed by atoms with E-state index in [1.54, 1.807) is 12.1 Å². The van der Waals surface area contributed by atoms with Gasteiger partial charge in [0.15, 0.2) is 16.6 Å². The first-order valence-corrected chi connectivity index (χ1v) is 12.1. The van der Waals surface area contributed by atoms with Gasteiger partial charge in [0.05, 0.1) is 19.8 Å². The zero-order valence-corrected chi connectivity index (χ0v) is 19.6. The maximum Gasteiger partial charge on any atom is 0.257 e. The van der Waals surface area contributed by atoms with Gasteiger partial charge in [0, 0.05) is 11.1 Å². The number of benzene rings is 1. The standard InChI is InChI=1S/C24H34N2O4S/c1-4-28-19-10-18(11-20(29-5-2)21(19)30-6-3)22(27)25-23(31)26-24-12-15-7-16(13-24)9-17(8-15)14-24/h10-11,15-17H,4-9,12-14H2,1-3H3,(H2,25,26,27,31). The number of carbonyl (C=O) groups excluding carboxylic acids is 1. The highest BCUT2D eigenvalue weighted by Gasteiger charge is 2.51. The summed E-state index contributed by atoms with van der Waals surface area (Å²) in [7, 11) is 0. The van der Waals surface area contributed by atoms with Crippen LogP contribution >= 0.6 is 12.2 Å². The fourth-order valence-corrected chi connectivity index (χ4v) is 6.54. The molecule has 4 aliphatic carbocycles. The van der Waals surface area contributed by atoms with Gasteiger partial charge in [-0.1, -0.05) is 0 Å². The normalized spacial score (nSPS) is 28.2. The van der Waals surface area contributed by atoms with Crippen LogP contribution < -0.4 is 24.8 Å². The summed E-state index contributed by atoms with van der Waals surface area (Å²) in [5.74, 6) is 3.69. The molecule has 6 nitrogen and oxygen atoms in total. The molecule has 0 atom stereocenters. The molecule has 4 bridgehead atoms. The van der Waals surface area contributed by atoms with Gasteiger partial charge in [-0.25, -0.2) is 0 Å². The molecule has 0 radical (unpaired) electrons. The van der Waals surface area contributed by atoms with Crippen LogP contribution in [0.5, 0.6) is 17.2 Å². The van der Waals surface area contributed by atoms with Crippen molar-refractivity contribution in [2.75, 3.05) is 19.8 Å². The Hall–Kier alpha value is -2.02. The lowest BCUT2D eigenvalue weighted by Gasteiger charge is -2.57. The van der Waals surface area contributed by atoms with Crippen LogP contribution in [0.1, 0.15) is 69.7 Å². The first-order chi connectivity index (χ1) is 14.9. The maximum absolute atomic E-state index is 13.0. The van der Waals surface area contributed by atoms with Crippen molar-refractivity contribution in [3.8, 4) is 17.2 Å². The van der Waals surface area contributed by atoms with Gasteiger partial charge in [0.2, 0.25) is 5.75 Å². The summed E-state index contributed by atoms with van der Waals surface area (Å²) in [5, 5.41) is 6.85. The lowest BCUT2D eigenvalue weighted by atomic mass is 9.53. The third-order valence-corrected chi connectivity index (χ3v) is 7.02. The highest BCUT2D eigenvalue weighted by molar-refractivity contribution is 7.80. The predicted octanol–water partition coefficient (Wildman–Crippen LogP) is 4.46. The lowest BCUT2D eigenvalue weighted by Crippen LogP contribution is -2.61. The van der Waals surface area contributed by atoms with Crippen LogP contribution in [0.3, 0.4) is 0 Å². The van der Waals surface area contributed by atoms with Crippen molar-refractivity contribution in [2.24, 2.45) is 17.8 Å². The predicted molar refractivity (Wildman–Crippen MR) is 124 cm³/mol. The first kappa shape index (κ1) is 22.2.